The Morgan fingerprint density at radius 1 is 1.26 bits per heavy atom. The fourth-order valence-electron chi connectivity index (χ4n) is 2.78. The Bertz CT molecular complexity index is 544. The zero-order chi connectivity index (χ0) is 16.4. The largest absolute Gasteiger partial charge is 0.444 e. The van der Waals surface area contributed by atoms with E-state index in [1.807, 2.05) is 38.7 Å². The Kier molecular flexibility index (Phi) is 4.71. The van der Waals surface area contributed by atoms with Crippen LogP contribution in [-0.4, -0.2) is 59.3 Å². The normalized spacial score (nSPS) is 19.4. The van der Waals surface area contributed by atoms with Crippen molar-refractivity contribution < 1.29 is 9.53 Å². The van der Waals surface area contributed by atoms with E-state index in [-0.39, 0.29) is 6.09 Å². The summed E-state index contributed by atoms with van der Waals surface area (Å²) < 4.78 is 5.39. The van der Waals surface area contributed by atoms with E-state index in [1.165, 1.54) is 17.1 Å². The minimum atomic E-state index is -0.432. The highest BCUT2D eigenvalue weighted by atomic mass is 32.2. The molecular weight excluding hydrogens is 310 g/mol. The molecule has 3 rings (SSSR count). The molecule has 0 N–H and O–H groups in total. The van der Waals surface area contributed by atoms with Crippen molar-refractivity contribution in [3.8, 4) is 0 Å². The molecule has 0 aliphatic carbocycles. The lowest BCUT2D eigenvalue weighted by atomic mass is 9.93. The summed E-state index contributed by atoms with van der Waals surface area (Å²) >= 11 is 2.00. The van der Waals surface area contributed by atoms with Crippen LogP contribution in [0.2, 0.25) is 0 Å². The van der Waals surface area contributed by atoms with Gasteiger partial charge < -0.3 is 14.5 Å². The van der Waals surface area contributed by atoms with Crippen molar-refractivity contribution in [2.45, 2.75) is 32.3 Å². The van der Waals surface area contributed by atoms with Crippen LogP contribution in [0.15, 0.2) is 18.3 Å². The highest BCUT2D eigenvalue weighted by Crippen LogP contribution is 2.29. The number of anilines is 1. The number of amides is 1. The van der Waals surface area contributed by atoms with Gasteiger partial charge in [0.05, 0.1) is 0 Å². The summed E-state index contributed by atoms with van der Waals surface area (Å²) in [5.74, 6) is 3.80. The van der Waals surface area contributed by atoms with E-state index in [4.69, 9.17) is 4.74 Å². The van der Waals surface area contributed by atoms with Crippen LogP contribution in [0, 0.1) is 0 Å². The van der Waals surface area contributed by atoms with Crippen molar-refractivity contribution in [1.82, 2.24) is 9.88 Å². The number of likely N-dealkylation sites (tertiary alicyclic amines) is 1. The maximum Gasteiger partial charge on any atom is 0.410 e. The summed E-state index contributed by atoms with van der Waals surface area (Å²) in [6.07, 6.45) is 1.75. The Morgan fingerprint density at radius 3 is 2.52 bits per heavy atom. The van der Waals surface area contributed by atoms with Gasteiger partial charge in [-0.3, -0.25) is 0 Å². The number of carbonyl (C=O) groups is 1. The minimum Gasteiger partial charge on any atom is -0.444 e. The lowest BCUT2D eigenvalue weighted by Gasteiger charge is -2.40. The molecule has 2 aliphatic rings. The third-order valence-corrected chi connectivity index (χ3v) is 5.05. The van der Waals surface area contributed by atoms with Crippen LogP contribution in [0.3, 0.4) is 0 Å². The third-order valence-electron chi connectivity index (χ3n) is 4.11. The average Bonchev–Trinajstić information content (AvgIpc) is 2.45. The van der Waals surface area contributed by atoms with E-state index in [2.05, 4.69) is 22.0 Å². The fraction of sp³-hybridized carbons (Fsp3) is 0.647. The second kappa shape index (κ2) is 6.59. The van der Waals surface area contributed by atoms with Gasteiger partial charge >= 0.3 is 6.09 Å². The molecule has 0 aromatic carbocycles. The first-order valence-corrected chi connectivity index (χ1v) is 9.34. The highest BCUT2D eigenvalue weighted by Gasteiger charge is 2.34. The summed E-state index contributed by atoms with van der Waals surface area (Å²) in [6, 6.07) is 4.27. The number of hydrogen-bond acceptors (Lipinski definition) is 5. The van der Waals surface area contributed by atoms with E-state index in [1.54, 1.807) is 4.90 Å². The molecule has 2 fully saturated rings. The molecule has 0 radical (unpaired) electrons. The van der Waals surface area contributed by atoms with Crippen molar-refractivity contribution in [3.63, 3.8) is 0 Å². The molecule has 2 aliphatic heterocycles. The molecule has 3 heterocycles. The lowest BCUT2D eigenvalue weighted by molar-refractivity contribution is 0.00817. The van der Waals surface area contributed by atoms with Gasteiger partial charge in [0.1, 0.15) is 11.4 Å². The quantitative estimate of drug-likeness (QED) is 0.831. The van der Waals surface area contributed by atoms with Gasteiger partial charge in [0.2, 0.25) is 0 Å². The smallest absolute Gasteiger partial charge is 0.410 e. The summed E-state index contributed by atoms with van der Waals surface area (Å²) in [5.41, 5.74) is 0.776. The highest BCUT2D eigenvalue weighted by molar-refractivity contribution is 7.99. The van der Waals surface area contributed by atoms with Crippen molar-refractivity contribution in [1.29, 1.82) is 0 Å². The van der Waals surface area contributed by atoms with Gasteiger partial charge in [-0.2, -0.15) is 11.8 Å². The molecular formula is C17H25N3O2S. The van der Waals surface area contributed by atoms with Crippen LogP contribution in [0.1, 0.15) is 32.3 Å². The fourth-order valence-corrected chi connectivity index (χ4v) is 3.69. The monoisotopic (exact) mass is 335 g/mol. The van der Waals surface area contributed by atoms with E-state index in [0.29, 0.717) is 5.92 Å². The zero-order valence-corrected chi connectivity index (χ0v) is 14.9. The number of hydrogen-bond donors (Lipinski definition) is 0. The number of ether oxygens (including phenoxy) is 1. The predicted octanol–water partition coefficient (Wildman–Crippen LogP) is 2.97. The maximum absolute atomic E-state index is 12.0. The van der Waals surface area contributed by atoms with Crippen LogP contribution in [-0.2, 0) is 4.74 Å². The zero-order valence-electron chi connectivity index (χ0n) is 14.1. The van der Waals surface area contributed by atoms with Gasteiger partial charge in [-0.25, -0.2) is 9.78 Å². The summed E-state index contributed by atoms with van der Waals surface area (Å²) in [6.45, 7) is 9.27. The Morgan fingerprint density at radius 2 is 1.96 bits per heavy atom. The van der Waals surface area contributed by atoms with Gasteiger partial charge in [-0.05, 0) is 32.4 Å². The molecule has 23 heavy (non-hydrogen) atoms. The van der Waals surface area contributed by atoms with Crippen molar-refractivity contribution >= 4 is 23.7 Å². The SMILES string of the molecule is CC(C)(C)OC(=O)N1CC(c2ccc(N3CCSCC3)nc2)C1. The van der Waals surface area contributed by atoms with Crippen LogP contribution in [0.25, 0.3) is 0 Å². The van der Waals surface area contributed by atoms with E-state index >= 15 is 0 Å². The number of pyridine rings is 1. The Hall–Kier alpha value is -1.43. The number of nitrogens with zero attached hydrogens (tertiary/aromatic N) is 3. The van der Waals surface area contributed by atoms with E-state index < -0.39 is 5.60 Å². The molecule has 1 aromatic rings. The predicted molar refractivity (Wildman–Crippen MR) is 94.3 cm³/mol. The Labute approximate surface area is 142 Å². The molecule has 5 nitrogen and oxygen atoms in total. The van der Waals surface area contributed by atoms with Gasteiger partial charge in [0, 0.05) is 49.8 Å². The number of rotatable bonds is 2. The number of thioether (sulfide) groups is 1. The van der Waals surface area contributed by atoms with Crippen LogP contribution in [0.5, 0.6) is 0 Å². The molecule has 0 bridgehead atoms. The van der Waals surface area contributed by atoms with Crippen LogP contribution < -0.4 is 4.90 Å². The first-order chi connectivity index (χ1) is 10.9. The standard InChI is InChI=1S/C17H25N3O2S/c1-17(2,3)22-16(21)20-11-14(12-20)13-4-5-15(18-10-13)19-6-8-23-9-7-19/h4-5,10,14H,6-9,11-12H2,1-3H3. The molecule has 1 amide bonds. The van der Waals surface area contributed by atoms with Crippen molar-refractivity contribution in [3.05, 3.63) is 23.9 Å². The number of aromatic nitrogens is 1. The van der Waals surface area contributed by atoms with Crippen molar-refractivity contribution in [2.75, 3.05) is 42.6 Å². The van der Waals surface area contributed by atoms with Gasteiger partial charge in [0.25, 0.3) is 0 Å². The first-order valence-electron chi connectivity index (χ1n) is 8.19. The third kappa shape index (κ3) is 4.10. The van der Waals surface area contributed by atoms with Gasteiger partial charge in [-0.15, -0.1) is 0 Å². The van der Waals surface area contributed by atoms with Crippen LogP contribution in [0.4, 0.5) is 10.6 Å². The van der Waals surface area contributed by atoms with Gasteiger partial charge in [-0.1, -0.05) is 6.07 Å². The molecule has 0 unspecified atom stereocenters. The topological polar surface area (TPSA) is 45.7 Å². The minimum absolute atomic E-state index is 0.218. The molecule has 0 saturated carbocycles. The molecule has 126 valence electrons. The molecule has 6 heteroatoms. The lowest BCUT2D eigenvalue weighted by Crippen LogP contribution is -2.50. The van der Waals surface area contributed by atoms with Crippen molar-refractivity contribution in [2.24, 2.45) is 0 Å². The Balaban J connectivity index is 1.52. The summed E-state index contributed by atoms with van der Waals surface area (Å²) in [4.78, 5) is 20.7. The molecule has 1 aromatic heterocycles. The second-order valence-corrected chi connectivity index (χ2v) is 8.36. The molecule has 0 atom stereocenters. The maximum atomic E-state index is 12.0. The molecule has 2 saturated heterocycles. The molecule has 0 spiro atoms. The summed E-state index contributed by atoms with van der Waals surface area (Å²) in [5, 5.41) is 0. The van der Waals surface area contributed by atoms with E-state index in [9.17, 15) is 4.79 Å². The van der Waals surface area contributed by atoms with E-state index in [0.717, 1.165) is 32.0 Å². The summed E-state index contributed by atoms with van der Waals surface area (Å²) in [7, 11) is 0. The average molecular weight is 335 g/mol. The number of carbonyl (C=O) groups excluding carboxylic acids is 1. The van der Waals surface area contributed by atoms with Gasteiger partial charge in [0.15, 0.2) is 0 Å². The second-order valence-electron chi connectivity index (χ2n) is 7.13. The van der Waals surface area contributed by atoms with Crippen LogP contribution >= 0.6 is 11.8 Å². The first kappa shape index (κ1) is 16.4.